The third kappa shape index (κ3) is 3.43. The van der Waals surface area contributed by atoms with E-state index in [-0.39, 0.29) is 0 Å². The van der Waals surface area contributed by atoms with E-state index in [9.17, 15) is 0 Å². The van der Waals surface area contributed by atoms with Gasteiger partial charge in [0.25, 0.3) is 0 Å². The number of aromatic nitrogens is 2. The number of rotatable bonds is 6. The maximum absolute atomic E-state index is 4.25. The molecule has 4 heteroatoms. The molecule has 1 N–H and O–H groups in total. The van der Waals surface area contributed by atoms with Crippen molar-refractivity contribution in [1.29, 1.82) is 0 Å². The third-order valence-corrected chi connectivity index (χ3v) is 3.96. The summed E-state index contributed by atoms with van der Waals surface area (Å²) < 4.78 is 1.98. The van der Waals surface area contributed by atoms with Crippen LogP contribution in [0.4, 0.5) is 0 Å². The smallest absolute Gasteiger partial charge is 0.0560 e. The first kappa shape index (κ1) is 13.3. The number of thiophene rings is 1. The Bertz CT molecular complexity index is 434. The molecule has 2 aromatic heterocycles. The van der Waals surface area contributed by atoms with Gasteiger partial charge in [-0.25, -0.2) is 0 Å². The molecular formula is C14H21N3S. The topological polar surface area (TPSA) is 29.9 Å². The summed E-state index contributed by atoms with van der Waals surface area (Å²) in [4.78, 5) is 1.41. The van der Waals surface area contributed by atoms with Crippen LogP contribution in [0.3, 0.4) is 0 Å². The predicted molar refractivity (Wildman–Crippen MR) is 76.7 cm³/mol. The van der Waals surface area contributed by atoms with Crippen molar-refractivity contribution in [3.8, 4) is 0 Å². The van der Waals surface area contributed by atoms with Gasteiger partial charge in [0.1, 0.15) is 0 Å². The van der Waals surface area contributed by atoms with E-state index < -0.39 is 0 Å². The second-order valence-electron chi connectivity index (χ2n) is 5.03. The summed E-state index contributed by atoms with van der Waals surface area (Å²) in [7, 11) is 0. The Kier molecular flexibility index (Phi) is 4.55. The minimum atomic E-state index is 0.402. The van der Waals surface area contributed by atoms with Crippen molar-refractivity contribution in [2.45, 2.75) is 39.4 Å². The highest BCUT2D eigenvalue weighted by atomic mass is 32.1. The van der Waals surface area contributed by atoms with Gasteiger partial charge in [0.05, 0.1) is 6.54 Å². The summed E-state index contributed by atoms with van der Waals surface area (Å²) in [5, 5.41) is 10.1. The average Bonchev–Trinajstić information content (AvgIpc) is 2.97. The van der Waals surface area contributed by atoms with Gasteiger partial charge in [-0.05, 0) is 30.4 Å². The minimum absolute atomic E-state index is 0.402. The lowest BCUT2D eigenvalue weighted by Crippen LogP contribution is -2.36. The maximum atomic E-state index is 4.25. The largest absolute Gasteiger partial charge is 0.305 e. The van der Waals surface area contributed by atoms with Crippen LogP contribution < -0.4 is 5.32 Å². The molecule has 2 rings (SSSR count). The van der Waals surface area contributed by atoms with E-state index in [2.05, 4.69) is 48.7 Å². The van der Waals surface area contributed by atoms with Crippen molar-refractivity contribution in [3.63, 3.8) is 0 Å². The number of nitrogens with zero attached hydrogens (tertiary/aromatic N) is 2. The SMILES string of the molecule is CC(Cn1cccn1)NC(c1cccs1)C(C)C. The Hall–Kier alpha value is -1.13. The van der Waals surface area contributed by atoms with E-state index in [1.807, 2.05) is 34.5 Å². The van der Waals surface area contributed by atoms with Crippen LogP contribution in [-0.2, 0) is 6.54 Å². The van der Waals surface area contributed by atoms with Crippen LogP contribution in [0, 0.1) is 5.92 Å². The molecular weight excluding hydrogens is 242 g/mol. The van der Waals surface area contributed by atoms with E-state index in [1.54, 1.807) is 0 Å². The van der Waals surface area contributed by atoms with E-state index in [0.29, 0.717) is 18.0 Å². The van der Waals surface area contributed by atoms with Crippen molar-refractivity contribution in [2.24, 2.45) is 5.92 Å². The molecule has 2 atom stereocenters. The lowest BCUT2D eigenvalue weighted by Gasteiger charge is -2.25. The van der Waals surface area contributed by atoms with Gasteiger partial charge < -0.3 is 5.32 Å². The molecule has 2 heterocycles. The summed E-state index contributed by atoms with van der Waals surface area (Å²) in [5.41, 5.74) is 0. The molecule has 0 amide bonds. The molecule has 0 radical (unpaired) electrons. The van der Waals surface area contributed by atoms with Gasteiger partial charge in [-0.3, -0.25) is 4.68 Å². The summed E-state index contributed by atoms with van der Waals surface area (Å²) >= 11 is 1.82. The van der Waals surface area contributed by atoms with Crippen molar-refractivity contribution in [2.75, 3.05) is 0 Å². The van der Waals surface area contributed by atoms with Gasteiger partial charge in [-0.15, -0.1) is 11.3 Å². The van der Waals surface area contributed by atoms with Crippen LogP contribution >= 0.6 is 11.3 Å². The molecule has 0 aromatic carbocycles. The first-order chi connectivity index (χ1) is 8.66. The van der Waals surface area contributed by atoms with Crippen LogP contribution in [0.25, 0.3) is 0 Å². The highest BCUT2D eigenvalue weighted by Gasteiger charge is 2.18. The van der Waals surface area contributed by atoms with Crippen molar-refractivity contribution < 1.29 is 0 Å². The molecule has 0 bridgehead atoms. The van der Waals surface area contributed by atoms with Gasteiger partial charge in [0.2, 0.25) is 0 Å². The van der Waals surface area contributed by atoms with Gasteiger partial charge in [0, 0.05) is 29.4 Å². The molecule has 0 spiro atoms. The average molecular weight is 263 g/mol. The van der Waals surface area contributed by atoms with Crippen LogP contribution in [0.2, 0.25) is 0 Å². The first-order valence-electron chi connectivity index (χ1n) is 6.43. The molecule has 0 fully saturated rings. The third-order valence-electron chi connectivity index (χ3n) is 3.00. The van der Waals surface area contributed by atoms with Crippen molar-refractivity contribution in [3.05, 3.63) is 40.8 Å². The quantitative estimate of drug-likeness (QED) is 0.866. The fraction of sp³-hybridized carbons (Fsp3) is 0.500. The second kappa shape index (κ2) is 6.16. The van der Waals surface area contributed by atoms with E-state index in [1.165, 1.54) is 4.88 Å². The van der Waals surface area contributed by atoms with Crippen LogP contribution in [0.1, 0.15) is 31.7 Å². The minimum Gasteiger partial charge on any atom is -0.305 e. The number of nitrogens with one attached hydrogen (secondary N) is 1. The molecule has 0 saturated carbocycles. The summed E-state index contributed by atoms with van der Waals surface area (Å²) in [6.45, 7) is 7.64. The molecule has 18 heavy (non-hydrogen) atoms. The lowest BCUT2D eigenvalue weighted by molar-refractivity contribution is 0.345. The fourth-order valence-electron chi connectivity index (χ4n) is 2.12. The molecule has 0 aliphatic carbocycles. The van der Waals surface area contributed by atoms with E-state index in [0.717, 1.165) is 6.54 Å². The van der Waals surface area contributed by atoms with Gasteiger partial charge in [-0.2, -0.15) is 5.10 Å². The van der Waals surface area contributed by atoms with Crippen molar-refractivity contribution >= 4 is 11.3 Å². The van der Waals surface area contributed by atoms with Crippen molar-refractivity contribution in [1.82, 2.24) is 15.1 Å². The van der Waals surface area contributed by atoms with Gasteiger partial charge in [0.15, 0.2) is 0 Å². The first-order valence-corrected chi connectivity index (χ1v) is 7.31. The second-order valence-corrected chi connectivity index (χ2v) is 6.01. The summed E-state index contributed by atoms with van der Waals surface area (Å²) in [6, 6.07) is 7.12. The molecule has 0 aliphatic heterocycles. The Morgan fingerprint density at radius 1 is 1.33 bits per heavy atom. The fourth-order valence-corrected chi connectivity index (χ4v) is 3.08. The Balaban J connectivity index is 1.97. The standard InChI is InChI=1S/C14H21N3S/c1-11(2)14(13-6-4-9-18-13)16-12(3)10-17-8-5-7-15-17/h4-9,11-12,14,16H,10H2,1-3H3. The predicted octanol–water partition coefficient (Wildman–Crippen LogP) is 3.32. The lowest BCUT2D eigenvalue weighted by atomic mass is 10.0. The summed E-state index contributed by atoms with van der Waals surface area (Å²) in [6.07, 6.45) is 3.83. The zero-order valence-corrected chi connectivity index (χ0v) is 12.0. The summed E-state index contributed by atoms with van der Waals surface area (Å²) in [5.74, 6) is 0.587. The monoisotopic (exact) mass is 263 g/mol. The molecule has 3 nitrogen and oxygen atoms in total. The van der Waals surface area contributed by atoms with Gasteiger partial charge >= 0.3 is 0 Å². The van der Waals surface area contributed by atoms with Gasteiger partial charge in [-0.1, -0.05) is 19.9 Å². The number of hydrogen-bond donors (Lipinski definition) is 1. The Morgan fingerprint density at radius 3 is 2.72 bits per heavy atom. The van der Waals surface area contributed by atoms with E-state index >= 15 is 0 Å². The molecule has 0 aliphatic rings. The molecule has 2 unspecified atom stereocenters. The van der Waals surface area contributed by atoms with Crippen LogP contribution in [0.15, 0.2) is 36.0 Å². The molecule has 0 saturated heterocycles. The maximum Gasteiger partial charge on any atom is 0.0560 e. The number of hydrogen-bond acceptors (Lipinski definition) is 3. The van der Waals surface area contributed by atoms with Crippen LogP contribution in [-0.4, -0.2) is 15.8 Å². The zero-order chi connectivity index (χ0) is 13.0. The highest BCUT2D eigenvalue weighted by molar-refractivity contribution is 7.10. The van der Waals surface area contributed by atoms with Crippen LogP contribution in [0.5, 0.6) is 0 Å². The normalized spacial score (nSPS) is 14.9. The molecule has 2 aromatic rings. The Labute approximate surface area is 113 Å². The highest BCUT2D eigenvalue weighted by Crippen LogP contribution is 2.26. The zero-order valence-electron chi connectivity index (χ0n) is 11.2. The van der Waals surface area contributed by atoms with E-state index in [4.69, 9.17) is 0 Å². The molecule has 98 valence electrons. The Morgan fingerprint density at radius 2 is 2.17 bits per heavy atom.